The van der Waals surface area contributed by atoms with Crippen molar-refractivity contribution >= 4 is 51.1 Å². The molecule has 2 rings (SSSR count). The molecule has 0 fully saturated rings. The van der Waals surface area contributed by atoms with Crippen molar-refractivity contribution in [2.45, 2.75) is 17.9 Å². The number of benzene rings is 1. The van der Waals surface area contributed by atoms with Gasteiger partial charge in [0.05, 0.1) is 20.2 Å². The molecule has 2 unspecified atom stereocenters. The normalized spacial score (nSPS) is 13.9. The molecule has 20 heavy (non-hydrogen) atoms. The van der Waals surface area contributed by atoms with Gasteiger partial charge in [0.2, 0.25) is 0 Å². The van der Waals surface area contributed by atoms with E-state index >= 15 is 0 Å². The Morgan fingerprint density at radius 3 is 2.55 bits per heavy atom. The molecule has 2 nitrogen and oxygen atoms in total. The molecule has 0 N–H and O–H groups in total. The number of rotatable bonds is 5. The maximum absolute atomic E-state index is 12.3. The van der Waals surface area contributed by atoms with Crippen LogP contribution in [0.4, 0.5) is 0 Å². The van der Waals surface area contributed by atoms with E-state index in [-0.39, 0.29) is 11.5 Å². The standard InChI is InChI=1S/C14H12Cl2O2S2/c1-9(14(17)12-6-7-13(16)19-12)20(18)8-10-4-2-3-5-11(10)15/h2-7,9H,8H2,1H3. The molecule has 2 aromatic rings. The zero-order valence-electron chi connectivity index (χ0n) is 10.6. The van der Waals surface area contributed by atoms with Gasteiger partial charge in [-0.15, -0.1) is 11.3 Å². The maximum Gasteiger partial charge on any atom is 0.188 e. The van der Waals surface area contributed by atoms with E-state index in [2.05, 4.69) is 0 Å². The lowest BCUT2D eigenvalue weighted by molar-refractivity contribution is 0.0996. The molecule has 0 spiro atoms. The third-order valence-electron chi connectivity index (χ3n) is 2.84. The third-order valence-corrected chi connectivity index (χ3v) is 6.05. The summed E-state index contributed by atoms with van der Waals surface area (Å²) >= 11 is 13.1. The average Bonchev–Trinajstić information content (AvgIpc) is 2.86. The molecule has 0 bridgehead atoms. The molecule has 106 valence electrons. The minimum atomic E-state index is -1.32. The van der Waals surface area contributed by atoms with E-state index in [1.807, 2.05) is 18.2 Å². The number of carbonyl (C=O) groups excluding carboxylic acids is 1. The van der Waals surface area contributed by atoms with Gasteiger partial charge in [0, 0.05) is 15.8 Å². The van der Waals surface area contributed by atoms with Crippen molar-refractivity contribution in [3.63, 3.8) is 0 Å². The van der Waals surface area contributed by atoms with E-state index in [4.69, 9.17) is 23.2 Å². The van der Waals surface area contributed by atoms with Gasteiger partial charge in [0.1, 0.15) is 0 Å². The minimum Gasteiger partial charge on any atom is -0.292 e. The molecule has 1 aromatic heterocycles. The Bertz CT molecular complexity index is 652. The largest absolute Gasteiger partial charge is 0.292 e. The number of hydrogen-bond donors (Lipinski definition) is 0. The summed E-state index contributed by atoms with van der Waals surface area (Å²) in [7, 11) is -1.32. The Labute approximate surface area is 134 Å². The van der Waals surface area contributed by atoms with Crippen LogP contribution in [0, 0.1) is 0 Å². The van der Waals surface area contributed by atoms with Gasteiger partial charge in [-0.3, -0.25) is 9.00 Å². The molecular weight excluding hydrogens is 335 g/mol. The fourth-order valence-electron chi connectivity index (χ4n) is 1.66. The summed E-state index contributed by atoms with van der Waals surface area (Å²) in [6.07, 6.45) is 0. The fourth-order valence-corrected chi connectivity index (χ4v) is 4.26. The first-order valence-corrected chi connectivity index (χ1v) is 8.84. The van der Waals surface area contributed by atoms with E-state index in [0.717, 1.165) is 5.56 Å². The summed E-state index contributed by atoms with van der Waals surface area (Å²) in [5.41, 5.74) is 0.788. The molecule has 1 heterocycles. The predicted octanol–water partition coefficient (Wildman–Crippen LogP) is 4.58. The van der Waals surface area contributed by atoms with Gasteiger partial charge in [0.15, 0.2) is 5.78 Å². The third kappa shape index (κ3) is 3.70. The van der Waals surface area contributed by atoms with Crippen LogP contribution < -0.4 is 0 Å². The zero-order chi connectivity index (χ0) is 14.7. The van der Waals surface area contributed by atoms with E-state index in [0.29, 0.717) is 14.2 Å². The smallest absolute Gasteiger partial charge is 0.188 e. The first kappa shape index (κ1) is 15.7. The maximum atomic E-state index is 12.3. The molecule has 0 amide bonds. The van der Waals surface area contributed by atoms with Crippen LogP contribution >= 0.6 is 34.5 Å². The van der Waals surface area contributed by atoms with E-state index in [9.17, 15) is 9.00 Å². The van der Waals surface area contributed by atoms with E-state index in [1.54, 1.807) is 25.1 Å². The second kappa shape index (κ2) is 6.85. The van der Waals surface area contributed by atoms with Crippen molar-refractivity contribution in [2.75, 3.05) is 0 Å². The van der Waals surface area contributed by atoms with Crippen LogP contribution in [0.15, 0.2) is 36.4 Å². The van der Waals surface area contributed by atoms with Crippen molar-refractivity contribution in [1.29, 1.82) is 0 Å². The molecule has 0 aliphatic rings. The van der Waals surface area contributed by atoms with Crippen LogP contribution in [0.5, 0.6) is 0 Å². The first-order chi connectivity index (χ1) is 9.49. The van der Waals surface area contributed by atoms with Crippen molar-refractivity contribution < 1.29 is 9.00 Å². The monoisotopic (exact) mass is 346 g/mol. The number of thiophene rings is 1. The molecule has 6 heteroatoms. The van der Waals surface area contributed by atoms with Gasteiger partial charge in [-0.1, -0.05) is 41.4 Å². The van der Waals surface area contributed by atoms with Crippen LogP contribution in [0.25, 0.3) is 0 Å². The molecular formula is C14H12Cl2O2S2. The number of Topliss-reactive ketones (excluding diaryl/α,β-unsaturated/α-hetero) is 1. The lowest BCUT2D eigenvalue weighted by Crippen LogP contribution is -2.23. The number of hydrogen-bond acceptors (Lipinski definition) is 3. The Balaban J connectivity index is 2.09. The summed E-state index contributed by atoms with van der Waals surface area (Å²) in [6, 6.07) is 10.6. The van der Waals surface area contributed by atoms with Crippen LogP contribution in [0.3, 0.4) is 0 Å². The van der Waals surface area contributed by atoms with Crippen LogP contribution in [-0.2, 0) is 16.6 Å². The molecule has 1 aromatic carbocycles. The Hall–Kier alpha value is -0.680. The lowest BCUT2D eigenvalue weighted by Gasteiger charge is -2.10. The highest BCUT2D eigenvalue weighted by molar-refractivity contribution is 7.85. The van der Waals surface area contributed by atoms with Crippen molar-refractivity contribution in [1.82, 2.24) is 0 Å². The minimum absolute atomic E-state index is 0.146. The molecule has 0 saturated carbocycles. The van der Waals surface area contributed by atoms with Crippen LogP contribution in [-0.4, -0.2) is 15.2 Å². The predicted molar refractivity (Wildman–Crippen MR) is 86.4 cm³/mol. The molecule has 0 aliphatic carbocycles. The van der Waals surface area contributed by atoms with Gasteiger partial charge < -0.3 is 0 Å². The van der Waals surface area contributed by atoms with Gasteiger partial charge in [-0.05, 0) is 30.7 Å². The highest BCUT2D eigenvalue weighted by atomic mass is 35.5. The summed E-state index contributed by atoms with van der Waals surface area (Å²) < 4.78 is 12.8. The topological polar surface area (TPSA) is 34.1 Å². The Morgan fingerprint density at radius 1 is 1.25 bits per heavy atom. The summed E-state index contributed by atoms with van der Waals surface area (Å²) in [4.78, 5) is 12.7. The first-order valence-electron chi connectivity index (χ1n) is 5.89. The molecule has 0 radical (unpaired) electrons. The average molecular weight is 347 g/mol. The lowest BCUT2D eigenvalue weighted by atomic mass is 10.2. The zero-order valence-corrected chi connectivity index (χ0v) is 13.8. The summed E-state index contributed by atoms with van der Waals surface area (Å²) in [5, 5.41) is -0.0133. The van der Waals surface area contributed by atoms with Gasteiger partial charge >= 0.3 is 0 Å². The van der Waals surface area contributed by atoms with Crippen molar-refractivity contribution in [3.8, 4) is 0 Å². The second-order valence-electron chi connectivity index (χ2n) is 4.23. The van der Waals surface area contributed by atoms with Gasteiger partial charge in [0.25, 0.3) is 0 Å². The van der Waals surface area contributed by atoms with Crippen molar-refractivity contribution in [2.24, 2.45) is 0 Å². The molecule has 0 aliphatic heterocycles. The quantitative estimate of drug-likeness (QED) is 0.742. The highest BCUT2D eigenvalue weighted by Gasteiger charge is 2.23. The SMILES string of the molecule is CC(C(=O)c1ccc(Cl)s1)S(=O)Cc1ccccc1Cl. The van der Waals surface area contributed by atoms with Crippen LogP contribution in [0.2, 0.25) is 9.36 Å². The highest BCUT2D eigenvalue weighted by Crippen LogP contribution is 2.24. The van der Waals surface area contributed by atoms with Crippen molar-refractivity contribution in [3.05, 3.63) is 56.2 Å². The molecule has 0 saturated heterocycles. The fraction of sp³-hybridized carbons (Fsp3) is 0.214. The van der Waals surface area contributed by atoms with Gasteiger partial charge in [-0.25, -0.2) is 0 Å². The van der Waals surface area contributed by atoms with E-state index < -0.39 is 16.0 Å². The number of ketones is 1. The second-order valence-corrected chi connectivity index (χ2v) is 8.11. The van der Waals surface area contributed by atoms with E-state index in [1.165, 1.54) is 11.3 Å². The van der Waals surface area contributed by atoms with Gasteiger partial charge in [-0.2, -0.15) is 0 Å². The number of halogens is 2. The Morgan fingerprint density at radius 2 is 1.95 bits per heavy atom. The molecule has 2 atom stereocenters. The number of carbonyl (C=O) groups is 1. The summed E-state index contributed by atoms with van der Waals surface area (Å²) in [5.74, 6) is 0.124. The summed E-state index contributed by atoms with van der Waals surface area (Å²) in [6.45, 7) is 1.67. The van der Waals surface area contributed by atoms with Crippen LogP contribution in [0.1, 0.15) is 22.2 Å². The Kier molecular flexibility index (Phi) is 5.38.